The molecule has 0 bridgehead atoms. The summed E-state index contributed by atoms with van der Waals surface area (Å²) in [5.74, 6) is -0.142. The average Bonchev–Trinajstić information content (AvgIpc) is 2.72. The van der Waals surface area contributed by atoms with Gasteiger partial charge in [0.05, 0.1) is 9.89 Å². The van der Waals surface area contributed by atoms with Gasteiger partial charge in [-0.3, -0.25) is 4.98 Å². The fourth-order valence-electron chi connectivity index (χ4n) is 1.75. The molecule has 2 unspecified atom stereocenters. The van der Waals surface area contributed by atoms with E-state index in [2.05, 4.69) is 36.8 Å². The molecule has 3 N–H and O–H groups in total. The number of pyridine rings is 1. The molecule has 0 aliphatic heterocycles. The minimum Gasteiger partial charge on any atom is -0.387 e. The first-order chi connectivity index (χ1) is 8.63. The van der Waals surface area contributed by atoms with Crippen LogP contribution in [0.1, 0.15) is 22.5 Å². The molecule has 18 heavy (non-hydrogen) atoms. The maximum atomic E-state index is 10.4. The third-order valence-corrected chi connectivity index (χ3v) is 6.03. The maximum absolute atomic E-state index is 10.4. The van der Waals surface area contributed by atoms with E-state index in [1.165, 1.54) is 11.3 Å². The number of aromatic nitrogens is 1. The Balaban J connectivity index is 2.28. The highest BCUT2D eigenvalue weighted by Crippen LogP contribution is 2.39. The SMILES string of the molecule is NCC(c1cccnc1)C(O)c1cc(Br)c(Br)s1. The van der Waals surface area contributed by atoms with E-state index in [9.17, 15) is 5.11 Å². The van der Waals surface area contributed by atoms with Crippen LogP contribution in [0.25, 0.3) is 0 Å². The van der Waals surface area contributed by atoms with Gasteiger partial charge in [-0.25, -0.2) is 0 Å². The third-order valence-electron chi connectivity index (χ3n) is 2.70. The highest BCUT2D eigenvalue weighted by Gasteiger charge is 2.24. The maximum Gasteiger partial charge on any atom is 0.0963 e. The quantitative estimate of drug-likeness (QED) is 0.839. The number of aliphatic hydroxyl groups excluding tert-OH is 1. The van der Waals surface area contributed by atoms with Crippen LogP contribution in [-0.4, -0.2) is 16.6 Å². The topological polar surface area (TPSA) is 59.1 Å². The summed E-state index contributed by atoms with van der Waals surface area (Å²) in [5.41, 5.74) is 6.73. The summed E-state index contributed by atoms with van der Waals surface area (Å²) in [6.07, 6.45) is 2.84. The summed E-state index contributed by atoms with van der Waals surface area (Å²) in [4.78, 5) is 4.95. The number of aliphatic hydroxyl groups is 1. The lowest BCUT2D eigenvalue weighted by atomic mass is 9.94. The number of nitrogens with two attached hydrogens (primary N) is 1. The smallest absolute Gasteiger partial charge is 0.0963 e. The van der Waals surface area contributed by atoms with E-state index in [0.29, 0.717) is 6.54 Å². The molecule has 3 nitrogen and oxygen atoms in total. The Morgan fingerprint density at radius 2 is 2.22 bits per heavy atom. The van der Waals surface area contributed by atoms with Crippen molar-refractivity contribution in [2.24, 2.45) is 5.73 Å². The minimum absolute atomic E-state index is 0.142. The normalized spacial score (nSPS) is 14.4. The lowest BCUT2D eigenvalue weighted by Gasteiger charge is -2.20. The molecule has 2 aromatic heterocycles. The molecule has 0 fully saturated rings. The molecule has 2 rings (SSSR count). The van der Waals surface area contributed by atoms with Gasteiger partial charge in [-0.2, -0.15) is 0 Å². The molecule has 0 aromatic carbocycles. The molecule has 0 saturated heterocycles. The van der Waals surface area contributed by atoms with Crippen molar-refractivity contribution in [1.82, 2.24) is 4.98 Å². The standard InChI is InChI=1S/C12H12Br2N2OS/c13-9-4-10(18-12(9)14)11(17)8(5-15)7-2-1-3-16-6-7/h1-4,6,8,11,17H,5,15H2. The molecule has 0 aliphatic carbocycles. The molecule has 0 amide bonds. The molecule has 6 heteroatoms. The molecular formula is C12H12Br2N2OS. The van der Waals surface area contributed by atoms with Crippen LogP contribution in [0.4, 0.5) is 0 Å². The van der Waals surface area contributed by atoms with Gasteiger partial charge in [0.15, 0.2) is 0 Å². The van der Waals surface area contributed by atoms with Crippen molar-refractivity contribution < 1.29 is 5.11 Å². The zero-order valence-corrected chi connectivity index (χ0v) is 13.4. The largest absolute Gasteiger partial charge is 0.387 e. The monoisotopic (exact) mass is 390 g/mol. The van der Waals surface area contributed by atoms with Crippen molar-refractivity contribution in [3.63, 3.8) is 0 Å². The second-order valence-electron chi connectivity index (χ2n) is 3.84. The molecule has 2 aromatic rings. The van der Waals surface area contributed by atoms with Gasteiger partial charge >= 0.3 is 0 Å². The summed E-state index contributed by atoms with van der Waals surface area (Å²) in [6.45, 7) is 0.375. The van der Waals surface area contributed by atoms with Crippen LogP contribution < -0.4 is 5.73 Å². The van der Waals surface area contributed by atoms with E-state index >= 15 is 0 Å². The lowest BCUT2D eigenvalue weighted by Crippen LogP contribution is -2.19. The van der Waals surface area contributed by atoms with Gasteiger partial charge in [-0.05, 0) is 49.6 Å². The van der Waals surface area contributed by atoms with E-state index < -0.39 is 6.10 Å². The molecule has 0 radical (unpaired) electrons. The Hall–Kier alpha value is -0.270. The van der Waals surface area contributed by atoms with Crippen molar-refractivity contribution in [2.45, 2.75) is 12.0 Å². The van der Waals surface area contributed by atoms with Gasteiger partial charge in [0.2, 0.25) is 0 Å². The Bertz CT molecular complexity index is 499. The van der Waals surface area contributed by atoms with E-state index in [0.717, 1.165) is 18.7 Å². The van der Waals surface area contributed by atoms with Gasteiger partial charge in [-0.15, -0.1) is 11.3 Å². The van der Waals surface area contributed by atoms with Crippen LogP contribution in [0.2, 0.25) is 0 Å². The van der Waals surface area contributed by atoms with Gasteiger partial charge in [0, 0.05) is 34.2 Å². The fraction of sp³-hybridized carbons (Fsp3) is 0.250. The van der Waals surface area contributed by atoms with Crippen LogP contribution in [0, 0.1) is 0 Å². The Kier molecular flexibility index (Phi) is 4.91. The highest BCUT2D eigenvalue weighted by molar-refractivity contribution is 9.13. The van der Waals surface area contributed by atoms with Crippen LogP contribution in [0.3, 0.4) is 0 Å². The molecule has 0 saturated carbocycles. The molecule has 96 valence electrons. The Morgan fingerprint density at radius 3 is 2.72 bits per heavy atom. The molecule has 2 heterocycles. The number of thiophene rings is 1. The van der Waals surface area contributed by atoms with Crippen LogP contribution in [0.5, 0.6) is 0 Å². The van der Waals surface area contributed by atoms with Gasteiger partial charge in [-0.1, -0.05) is 6.07 Å². The molecule has 0 spiro atoms. The number of hydrogen-bond acceptors (Lipinski definition) is 4. The second kappa shape index (κ2) is 6.25. The van der Waals surface area contributed by atoms with Crippen molar-refractivity contribution in [3.05, 3.63) is 49.3 Å². The third kappa shape index (κ3) is 3.00. The predicted molar refractivity (Wildman–Crippen MR) is 80.7 cm³/mol. The summed E-state index contributed by atoms with van der Waals surface area (Å²) in [5, 5.41) is 10.4. The number of nitrogens with zero attached hydrogens (tertiary/aromatic N) is 1. The van der Waals surface area contributed by atoms with Crippen LogP contribution >= 0.6 is 43.2 Å². The lowest BCUT2D eigenvalue weighted by molar-refractivity contribution is 0.151. The average molecular weight is 392 g/mol. The van der Waals surface area contributed by atoms with Gasteiger partial charge in [0.25, 0.3) is 0 Å². The van der Waals surface area contributed by atoms with Gasteiger partial charge in [0.1, 0.15) is 0 Å². The van der Waals surface area contributed by atoms with Crippen molar-refractivity contribution in [3.8, 4) is 0 Å². The first kappa shape index (κ1) is 14.1. The van der Waals surface area contributed by atoms with E-state index in [4.69, 9.17) is 5.73 Å². The first-order valence-electron chi connectivity index (χ1n) is 5.36. The van der Waals surface area contributed by atoms with E-state index in [1.807, 2.05) is 18.2 Å². The summed E-state index contributed by atoms with van der Waals surface area (Å²) in [6, 6.07) is 5.70. The number of halogens is 2. The molecule has 0 aliphatic rings. The second-order valence-corrected chi connectivity index (χ2v) is 7.10. The van der Waals surface area contributed by atoms with Crippen molar-refractivity contribution in [2.75, 3.05) is 6.54 Å². The van der Waals surface area contributed by atoms with Crippen molar-refractivity contribution in [1.29, 1.82) is 0 Å². The van der Waals surface area contributed by atoms with Crippen LogP contribution in [-0.2, 0) is 0 Å². The van der Waals surface area contributed by atoms with E-state index in [1.54, 1.807) is 12.4 Å². The number of rotatable bonds is 4. The fourth-order valence-corrected chi connectivity index (χ4v) is 3.89. The first-order valence-corrected chi connectivity index (χ1v) is 7.76. The summed E-state index contributed by atoms with van der Waals surface area (Å²) >= 11 is 8.35. The zero-order valence-electron chi connectivity index (χ0n) is 9.38. The molecular weight excluding hydrogens is 380 g/mol. The highest BCUT2D eigenvalue weighted by atomic mass is 79.9. The number of hydrogen-bond donors (Lipinski definition) is 2. The zero-order chi connectivity index (χ0) is 13.1. The van der Waals surface area contributed by atoms with Gasteiger partial charge < -0.3 is 10.8 Å². The minimum atomic E-state index is -0.619. The van der Waals surface area contributed by atoms with Crippen molar-refractivity contribution >= 4 is 43.2 Å². The predicted octanol–water partition coefficient (Wildman–Crippen LogP) is 3.44. The van der Waals surface area contributed by atoms with E-state index in [-0.39, 0.29) is 5.92 Å². The summed E-state index contributed by atoms with van der Waals surface area (Å²) in [7, 11) is 0. The Labute approximate surface area is 126 Å². The Morgan fingerprint density at radius 1 is 1.44 bits per heavy atom. The summed E-state index contributed by atoms with van der Waals surface area (Å²) < 4.78 is 1.92. The molecule has 2 atom stereocenters. The van der Waals surface area contributed by atoms with Crippen LogP contribution in [0.15, 0.2) is 38.9 Å².